The predicted molar refractivity (Wildman–Crippen MR) is 64.0 cm³/mol. The molecule has 3 nitrogen and oxygen atoms in total. The summed E-state index contributed by atoms with van der Waals surface area (Å²) in [4.78, 5) is 10.3. The van der Waals surface area contributed by atoms with Crippen molar-refractivity contribution < 1.29 is 14.6 Å². The summed E-state index contributed by atoms with van der Waals surface area (Å²) in [6.07, 6.45) is 3.34. The van der Waals surface area contributed by atoms with Crippen LogP contribution in [0.1, 0.15) is 17.5 Å². The zero-order chi connectivity index (χ0) is 12.1. The lowest BCUT2D eigenvalue weighted by molar-refractivity contribution is -0.135. The Morgan fingerprint density at radius 2 is 2.25 bits per heavy atom. The first-order valence-corrected chi connectivity index (χ1v) is 5.15. The van der Waals surface area contributed by atoms with Gasteiger partial charge in [0, 0.05) is 0 Å². The Labute approximate surface area is 99.3 Å². The Morgan fingerprint density at radius 3 is 2.81 bits per heavy atom. The summed E-state index contributed by atoms with van der Waals surface area (Å²) in [5, 5.41) is 9.02. The summed E-state index contributed by atoms with van der Waals surface area (Å²) in [5.74, 6) is -0.233. The van der Waals surface area contributed by atoms with Gasteiger partial charge in [0.2, 0.25) is 0 Å². The van der Waals surface area contributed by atoms with Crippen molar-refractivity contribution in [3.63, 3.8) is 0 Å². The fraction of sp³-hybridized carbons (Fsp3) is 0.250. The summed E-state index contributed by atoms with van der Waals surface area (Å²) in [5.41, 5.74) is 1.88. The molecule has 0 aliphatic rings. The fourth-order valence-electron chi connectivity index (χ4n) is 1.29. The largest absolute Gasteiger partial charge is 0.495 e. The third-order valence-corrected chi connectivity index (χ3v) is 2.43. The summed E-state index contributed by atoms with van der Waals surface area (Å²) in [6, 6.07) is 3.58. The molecule has 1 aromatic carbocycles. The first kappa shape index (κ1) is 12.6. The van der Waals surface area contributed by atoms with Crippen LogP contribution < -0.4 is 4.74 Å². The topological polar surface area (TPSA) is 46.5 Å². The van der Waals surface area contributed by atoms with Crippen molar-refractivity contribution >= 4 is 23.6 Å². The van der Waals surface area contributed by atoms with Gasteiger partial charge >= 0.3 is 5.97 Å². The first-order chi connectivity index (χ1) is 7.54. The highest BCUT2D eigenvalue weighted by atomic mass is 35.5. The maximum atomic E-state index is 10.3. The minimum absolute atomic E-state index is 0.00306. The minimum Gasteiger partial charge on any atom is -0.495 e. The Bertz CT molecular complexity index is 425. The van der Waals surface area contributed by atoms with E-state index in [1.807, 2.05) is 13.0 Å². The van der Waals surface area contributed by atoms with Gasteiger partial charge in [0.1, 0.15) is 5.75 Å². The number of aryl methyl sites for hydroxylation is 1. The lowest BCUT2D eigenvalue weighted by Gasteiger charge is -2.07. The highest BCUT2D eigenvalue weighted by Crippen LogP contribution is 2.28. The molecule has 1 rings (SSSR count). The van der Waals surface area contributed by atoms with Crippen LogP contribution in [0.15, 0.2) is 18.2 Å². The second-order valence-corrected chi connectivity index (χ2v) is 3.75. The summed E-state index contributed by atoms with van der Waals surface area (Å²) in [7, 11) is 1.56. The molecule has 0 radical (unpaired) electrons. The van der Waals surface area contributed by atoms with Gasteiger partial charge in [-0.2, -0.15) is 0 Å². The summed E-state index contributed by atoms with van der Waals surface area (Å²) >= 11 is 5.97. The van der Waals surface area contributed by atoms with Gasteiger partial charge in [0.15, 0.2) is 0 Å². The Kier molecular flexibility index (Phi) is 4.38. The van der Waals surface area contributed by atoms with Gasteiger partial charge in [-0.3, -0.25) is 4.79 Å². The van der Waals surface area contributed by atoms with E-state index in [0.29, 0.717) is 10.8 Å². The van der Waals surface area contributed by atoms with Crippen LogP contribution in [-0.2, 0) is 4.79 Å². The molecule has 1 aromatic rings. The first-order valence-electron chi connectivity index (χ1n) is 4.77. The Morgan fingerprint density at radius 1 is 1.56 bits per heavy atom. The van der Waals surface area contributed by atoms with Gasteiger partial charge in [0.05, 0.1) is 18.6 Å². The number of hydrogen-bond acceptors (Lipinski definition) is 2. The van der Waals surface area contributed by atoms with Crippen LogP contribution in [0.5, 0.6) is 5.75 Å². The minimum atomic E-state index is -0.853. The summed E-state index contributed by atoms with van der Waals surface area (Å²) in [6.45, 7) is 1.92. The highest BCUT2D eigenvalue weighted by molar-refractivity contribution is 6.32. The number of rotatable bonds is 4. The molecule has 4 heteroatoms. The molecule has 86 valence electrons. The molecule has 0 aliphatic heterocycles. The van der Waals surface area contributed by atoms with E-state index < -0.39 is 5.97 Å². The van der Waals surface area contributed by atoms with E-state index in [2.05, 4.69) is 0 Å². The van der Waals surface area contributed by atoms with Gasteiger partial charge in [-0.25, -0.2) is 0 Å². The average Bonchev–Trinajstić information content (AvgIpc) is 2.22. The molecule has 0 heterocycles. The van der Waals surface area contributed by atoms with Crippen molar-refractivity contribution in [3.05, 3.63) is 34.4 Å². The second-order valence-electron chi connectivity index (χ2n) is 3.34. The average molecular weight is 241 g/mol. The van der Waals surface area contributed by atoms with Gasteiger partial charge in [-0.15, -0.1) is 0 Å². The normalized spacial score (nSPS) is 10.7. The molecule has 0 saturated carbocycles. The fourth-order valence-corrected chi connectivity index (χ4v) is 1.54. The second kappa shape index (κ2) is 5.56. The Hall–Kier alpha value is -1.48. The van der Waals surface area contributed by atoms with Gasteiger partial charge < -0.3 is 9.84 Å². The number of halogens is 1. The molecule has 0 saturated heterocycles. The zero-order valence-electron chi connectivity index (χ0n) is 9.16. The molecule has 1 N–H and O–H groups in total. The standard InChI is InChI=1S/C12H13ClO3/c1-8-6-11(16-2)10(13)7-9(8)4-3-5-12(14)15/h3-4,6-7H,5H2,1-2H3,(H,14,15)/b4-3+. The van der Waals surface area contributed by atoms with E-state index in [-0.39, 0.29) is 6.42 Å². The van der Waals surface area contributed by atoms with Crippen molar-refractivity contribution in [1.82, 2.24) is 0 Å². The van der Waals surface area contributed by atoms with Gasteiger partial charge in [-0.05, 0) is 30.2 Å². The van der Waals surface area contributed by atoms with Crippen LogP contribution in [0.4, 0.5) is 0 Å². The maximum absolute atomic E-state index is 10.3. The number of carboxylic acid groups (broad SMARTS) is 1. The smallest absolute Gasteiger partial charge is 0.307 e. The predicted octanol–water partition coefficient (Wildman–Crippen LogP) is 3.14. The molecule has 0 amide bonds. The third-order valence-electron chi connectivity index (χ3n) is 2.13. The van der Waals surface area contributed by atoms with Crippen LogP contribution in [0.25, 0.3) is 6.08 Å². The van der Waals surface area contributed by atoms with E-state index in [4.69, 9.17) is 21.4 Å². The number of hydrogen-bond donors (Lipinski definition) is 1. The number of aliphatic carboxylic acids is 1. The quantitative estimate of drug-likeness (QED) is 0.880. The molecule has 0 aromatic heterocycles. The van der Waals surface area contributed by atoms with Crippen LogP contribution in [0, 0.1) is 6.92 Å². The van der Waals surface area contributed by atoms with Crippen molar-refractivity contribution in [1.29, 1.82) is 0 Å². The number of carboxylic acids is 1. The SMILES string of the molecule is COc1cc(C)c(/C=C/CC(=O)O)cc1Cl. The third kappa shape index (κ3) is 3.28. The molecule has 0 unspecified atom stereocenters. The molecular formula is C12H13ClO3. The van der Waals surface area contributed by atoms with Crippen LogP contribution in [0.3, 0.4) is 0 Å². The Balaban J connectivity index is 2.93. The van der Waals surface area contributed by atoms with E-state index in [1.165, 1.54) is 0 Å². The molecule has 0 spiro atoms. The lowest BCUT2D eigenvalue weighted by atomic mass is 10.1. The van der Waals surface area contributed by atoms with Gasteiger partial charge in [-0.1, -0.05) is 23.8 Å². The van der Waals surface area contributed by atoms with Crippen molar-refractivity contribution in [3.8, 4) is 5.75 Å². The summed E-state index contributed by atoms with van der Waals surface area (Å²) < 4.78 is 5.07. The van der Waals surface area contributed by atoms with E-state index in [1.54, 1.807) is 25.3 Å². The van der Waals surface area contributed by atoms with Gasteiger partial charge in [0.25, 0.3) is 0 Å². The molecule has 0 bridgehead atoms. The highest BCUT2D eigenvalue weighted by Gasteiger charge is 2.04. The van der Waals surface area contributed by atoms with Crippen molar-refractivity contribution in [2.24, 2.45) is 0 Å². The molecule has 0 atom stereocenters. The van der Waals surface area contributed by atoms with Crippen molar-refractivity contribution in [2.75, 3.05) is 7.11 Å². The van der Waals surface area contributed by atoms with Crippen LogP contribution in [-0.4, -0.2) is 18.2 Å². The zero-order valence-corrected chi connectivity index (χ0v) is 9.91. The van der Waals surface area contributed by atoms with Crippen LogP contribution in [0.2, 0.25) is 5.02 Å². The number of ether oxygens (including phenoxy) is 1. The van der Waals surface area contributed by atoms with E-state index in [0.717, 1.165) is 11.1 Å². The molecule has 16 heavy (non-hydrogen) atoms. The molecule has 0 aliphatic carbocycles. The van der Waals surface area contributed by atoms with E-state index in [9.17, 15) is 4.79 Å². The van der Waals surface area contributed by atoms with E-state index >= 15 is 0 Å². The monoisotopic (exact) mass is 240 g/mol. The molecular weight excluding hydrogens is 228 g/mol. The van der Waals surface area contributed by atoms with Crippen molar-refractivity contribution in [2.45, 2.75) is 13.3 Å². The maximum Gasteiger partial charge on any atom is 0.307 e. The lowest BCUT2D eigenvalue weighted by Crippen LogP contribution is -1.91. The molecule has 0 fully saturated rings. The van der Waals surface area contributed by atoms with Crippen LogP contribution >= 0.6 is 11.6 Å². The number of carbonyl (C=O) groups is 1. The number of benzene rings is 1. The number of methoxy groups -OCH3 is 1.